The first-order valence-electron chi connectivity index (χ1n) is 9.56. The first-order valence-corrected chi connectivity index (χ1v) is 10.3. The molecule has 27 heavy (non-hydrogen) atoms. The third kappa shape index (κ3) is 2.44. The Morgan fingerprint density at radius 2 is 1.96 bits per heavy atom. The van der Waals surface area contributed by atoms with E-state index >= 15 is 0 Å². The summed E-state index contributed by atoms with van der Waals surface area (Å²) < 4.78 is 3.00. The fraction of sp³-hybridized carbons (Fsp3) is 0.364. The number of halogens is 1. The number of hydrogen-bond acceptors (Lipinski definition) is 3. The Morgan fingerprint density at radius 3 is 2.74 bits per heavy atom. The minimum Gasteiger partial charge on any atom is -0.317 e. The second-order valence-corrected chi connectivity index (χ2v) is 8.99. The highest BCUT2D eigenvalue weighted by atomic mass is 79.9. The van der Waals surface area contributed by atoms with Gasteiger partial charge in [-0.05, 0) is 91.0 Å². The Hall–Kier alpha value is -1.98. The number of nitrogens with one attached hydrogen (secondary N) is 1. The average molecular weight is 424 g/mol. The molecule has 1 aromatic heterocycles. The smallest absolute Gasteiger partial charge is 0.281 e. The summed E-state index contributed by atoms with van der Waals surface area (Å²) in [4.78, 5) is 17.3. The molecule has 0 saturated carbocycles. The molecule has 0 unspecified atom stereocenters. The SMILES string of the molecule is CC1(C)c2ccc(C3CCNCC3)cc2-n2c1nc(=O)c1c(Br)cccc12. The molecule has 2 aliphatic rings. The van der Waals surface area contributed by atoms with Crippen molar-refractivity contribution in [1.82, 2.24) is 14.9 Å². The fourth-order valence-electron chi connectivity index (χ4n) is 4.68. The summed E-state index contributed by atoms with van der Waals surface area (Å²) in [6.45, 7) is 6.47. The summed E-state index contributed by atoms with van der Waals surface area (Å²) in [6, 6.07) is 12.8. The second kappa shape index (κ2) is 6.01. The summed E-state index contributed by atoms with van der Waals surface area (Å²) in [6.07, 6.45) is 2.34. The number of hydrogen-bond donors (Lipinski definition) is 1. The fourth-order valence-corrected chi connectivity index (χ4v) is 5.21. The van der Waals surface area contributed by atoms with Crippen LogP contribution in [0.3, 0.4) is 0 Å². The van der Waals surface area contributed by atoms with Gasteiger partial charge in [0.15, 0.2) is 0 Å². The van der Waals surface area contributed by atoms with E-state index in [4.69, 9.17) is 0 Å². The topological polar surface area (TPSA) is 46.9 Å². The van der Waals surface area contributed by atoms with Gasteiger partial charge < -0.3 is 5.32 Å². The summed E-state index contributed by atoms with van der Waals surface area (Å²) in [5.41, 5.74) is 4.26. The van der Waals surface area contributed by atoms with Gasteiger partial charge in [0.2, 0.25) is 0 Å². The molecule has 138 valence electrons. The van der Waals surface area contributed by atoms with Crippen LogP contribution in [0.4, 0.5) is 0 Å². The molecule has 0 atom stereocenters. The molecule has 0 radical (unpaired) electrons. The zero-order chi connectivity index (χ0) is 18.8. The van der Waals surface area contributed by atoms with Crippen LogP contribution in [0.25, 0.3) is 16.6 Å². The molecule has 5 heteroatoms. The molecule has 5 rings (SSSR count). The van der Waals surface area contributed by atoms with E-state index in [0.29, 0.717) is 11.3 Å². The van der Waals surface area contributed by atoms with Gasteiger partial charge in [0.05, 0.1) is 22.0 Å². The lowest BCUT2D eigenvalue weighted by Crippen LogP contribution is -2.26. The Bertz CT molecular complexity index is 1130. The predicted octanol–water partition coefficient (Wildman–Crippen LogP) is 4.25. The van der Waals surface area contributed by atoms with Crippen LogP contribution in [0.5, 0.6) is 0 Å². The van der Waals surface area contributed by atoms with Gasteiger partial charge >= 0.3 is 0 Å². The highest BCUT2D eigenvalue weighted by Gasteiger charge is 2.39. The van der Waals surface area contributed by atoms with E-state index in [0.717, 1.165) is 28.9 Å². The van der Waals surface area contributed by atoms with Crippen molar-refractivity contribution in [2.45, 2.75) is 38.0 Å². The van der Waals surface area contributed by atoms with Gasteiger partial charge in [0, 0.05) is 4.47 Å². The van der Waals surface area contributed by atoms with Gasteiger partial charge in [0.1, 0.15) is 5.82 Å². The molecule has 2 aliphatic heterocycles. The van der Waals surface area contributed by atoms with Crippen LogP contribution in [0.15, 0.2) is 45.7 Å². The largest absolute Gasteiger partial charge is 0.317 e. The normalized spacial score (nSPS) is 18.5. The Balaban J connectivity index is 1.81. The van der Waals surface area contributed by atoms with Gasteiger partial charge in [0.25, 0.3) is 5.56 Å². The Labute approximate surface area is 166 Å². The first kappa shape index (κ1) is 17.1. The van der Waals surface area contributed by atoms with E-state index in [9.17, 15) is 4.79 Å². The number of rotatable bonds is 1. The Kier molecular flexibility index (Phi) is 3.82. The van der Waals surface area contributed by atoms with Crippen LogP contribution >= 0.6 is 15.9 Å². The van der Waals surface area contributed by atoms with E-state index in [1.165, 1.54) is 29.7 Å². The molecular formula is C22H22BrN3O. The number of nitrogens with zero attached hydrogens (tertiary/aromatic N) is 2. The van der Waals surface area contributed by atoms with E-state index in [-0.39, 0.29) is 11.0 Å². The second-order valence-electron chi connectivity index (χ2n) is 8.14. The Morgan fingerprint density at radius 1 is 1.19 bits per heavy atom. The van der Waals surface area contributed by atoms with Crippen LogP contribution in [0.2, 0.25) is 0 Å². The molecule has 0 bridgehead atoms. The highest BCUT2D eigenvalue weighted by Crippen LogP contribution is 2.44. The number of piperidine rings is 1. The molecule has 4 nitrogen and oxygen atoms in total. The van der Waals surface area contributed by atoms with Crippen molar-refractivity contribution in [3.8, 4) is 5.69 Å². The van der Waals surface area contributed by atoms with E-state index < -0.39 is 0 Å². The van der Waals surface area contributed by atoms with Crippen molar-refractivity contribution < 1.29 is 0 Å². The monoisotopic (exact) mass is 423 g/mol. The summed E-state index contributed by atoms with van der Waals surface area (Å²) in [5, 5.41) is 4.10. The molecule has 2 aromatic carbocycles. The van der Waals surface area contributed by atoms with Crippen molar-refractivity contribution in [2.75, 3.05) is 13.1 Å². The summed E-state index contributed by atoms with van der Waals surface area (Å²) in [5.74, 6) is 1.42. The molecule has 1 saturated heterocycles. The van der Waals surface area contributed by atoms with Gasteiger partial charge in [-0.1, -0.05) is 18.2 Å². The van der Waals surface area contributed by atoms with Crippen LogP contribution in [-0.4, -0.2) is 22.6 Å². The lowest BCUT2D eigenvalue weighted by atomic mass is 9.83. The van der Waals surface area contributed by atoms with Crippen LogP contribution in [0.1, 0.15) is 49.6 Å². The molecular weight excluding hydrogens is 402 g/mol. The van der Waals surface area contributed by atoms with Crippen LogP contribution < -0.4 is 10.9 Å². The lowest BCUT2D eigenvalue weighted by Gasteiger charge is -2.24. The quantitative estimate of drug-likeness (QED) is 0.635. The molecule has 0 aliphatic carbocycles. The molecule has 3 aromatic rings. The van der Waals surface area contributed by atoms with Crippen LogP contribution in [0, 0.1) is 0 Å². The molecule has 3 heterocycles. The van der Waals surface area contributed by atoms with Gasteiger partial charge in [-0.2, -0.15) is 4.98 Å². The summed E-state index contributed by atoms with van der Waals surface area (Å²) in [7, 11) is 0. The zero-order valence-corrected chi connectivity index (χ0v) is 17.1. The van der Waals surface area contributed by atoms with E-state index in [1.54, 1.807) is 0 Å². The summed E-state index contributed by atoms with van der Waals surface area (Å²) >= 11 is 3.54. The maximum Gasteiger partial charge on any atom is 0.281 e. The van der Waals surface area contributed by atoms with Crippen molar-refractivity contribution in [1.29, 1.82) is 0 Å². The van der Waals surface area contributed by atoms with Gasteiger partial charge in [-0.15, -0.1) is 0 Å². The number of fused-ring (bicyclic) bond motifs is 5. The van der Waals surface area contributed by atoms with Crippen LogP contribution in [-0.2, 0) is 5.41 Å². The predicted molar refractivity (Wildman–Crippen MR) is 112 cm³/mol. The molecule has 1 fully saturated rings. The highest BCUT2D eigenvalue weighted by molar-refractivity contribution is 9.10. The minimum atomic E-state index is -0.294. The molecule has 0 amide bonds. The van der Waals surface area contributed by atoms with Crippen molar-refractivity contribution >= 4 is 26.8 Å². The third-order valence-electron chi connectivity index (χ3n) is 6.17. The maximum absolute atomic E-state index is 12.8. The number of benzene rings is 2. The van der Waals surface area contributed by atoms with E-state index in [1.807, 2.05) is 18.2 Å². The van der Waals surface area contributed by atoms with Crippen molar-refractivity contribution in [2.24, 2.45) is 0 Å². The molecule has 0 spiro atoms. The molecule has 1 N–H and O–H groups in total. The van der Waals surface area contributed by atoms with Gasteiger partial charge in [-0.3, -0.25) is 9.36 Å². The standard InChI is InChI=1S/C22H22BrN3O/c1-22(2)15-7-6-14(13-8-10-24-11-9-13)12-18(15)26-17-5-3-4-16(23)19(17)20(27)25-21(22)26/h3-7,12-13,24H,8-11H2,1-2H3. The zero-order valence-electron chi connectivity index (χ0n) is 15.6. The van der Waals surface area contributed by atoms with Gasteiger partial charge in [-0.25, -0.2) is 0 Å². The third-order valence-corrected chi connectivity index (χ3v) is 6.83. The minimum absolute atomic E-state index is 0.164. The number of aromatic nitrogens is 2. The first-order chi connectivity index (χ1) is 13.0. The lowest BCUT2D eigenvalue weighted by molar-refractivity contribution is 0.460. The van der Waals surface area contributed by atoms with E-state index in [2.05, 4.69) is 62.8 Å². The van der Waals surface area contributed by atoms with Crippen molar-refractivity contribution in [3.63, 3.8) is 0 Å². The van der Waals surface area contributed by atoms with Crippen molar-refractivity contribution in [3.05, 3.63) is 68.2 Å². The average Bonchev–Trinajstić information content (AvgIpc) is 2.89. The maximum atomic E-state index is 12.8.